The summed E-state index contributed by atoms with van der Waals surface area (Å²) in [7, 11) is 0. The van der Waals surface area contributed by atoms with E-state index in [2.05, 4.69) is 40.3 Å². The Hall–Kier alpha value is -3.21. The fourth-order valence-electron chi connectivity index (χ4n) is 2.30. The molecule has 1 N–H and O–H groups in total. The quantitative estimate of drug-likeness (QED) is 0.400. The van der Waals surface area contributed by atoms with Crippen LogP contribution in [0.15, 0.2) is 79.1 Å². The van der Waals surface area contributed by atoms with Crippen molar-refractivity contribution in [1.29, 1.82) is 0 Å². The largest absolute Gasteiger partial charge is 0.361 e. The number of nitrogens with one attached hydrogen (secondary N) is 1. The normalized spacial score (nSPS) is 12.6. The van der Waals surface area contributed by atoms with Crippen molar-refractivity contribution in [1.82, 2.24) is 9.97 Å². The monoisotopic (exact) mass is 333 g/mol. The second-order valence-electron chi connectivity index (χ2n) is 5.78. The Kier molecular flexibility index (Phi) is 5.36. The van der Waals surface area contributed by atoms with Crippen LogP contribution in [0.4, 0.5) is 0 Å². The van der Waals surface area contributed by atoms with Gasteiger partial charge in [0.05, 0.1) is 5.52 Å². The first-order valence-electron chi connectivity index (χ1n) is 8.19. The molecule has 1 saturated carbocycles. The zero-order valence-corrected chi connectivity index (χ0v) is 13.7. The third-order valence-electron chi connectivity index (χ3n) is 3.82. The van der Waals surface area contributed by atoms with Crippen LogP contribution in [0, 0.1) is 10.1 Å². The Balaban J connectivity index is 0.000000113. The molecular weight excluding hydrogens is 314 g/mol. The number of hydrogen-bond acceptors (Lipinski definition) is 3. The molecule has 1 fully saturated rings. The van der Waals surface area contributed by atoms with Gasteiger partial charge in [0.15, 0.2) is 0 Å². The van der Waals surface area contributed by atoms with Gasteiger partial charge in [-0.3, -0.25) is 15.1 Å². The lowest BCUT2D eigenvalue weighted by molar-refractivity contribution is -0.494. The SMILES string of the molecule is O=[N+]([O-])C1CC1.c1ccc2[nH]ccc2c1.c1ccc2ncccc2c1. The van der Waals surface area contributed by atoms with Crippen LogP contribution >= 0.6 is 0 Å². The molecule has 0 amide bonds. The number of aromatic amines is 1. The molecule has 0 saturated heterocycles. The van der Waals surface area contributed by atoms with Crippen molar-refractivity contribution in [2.75, 3.05) is 0 Å². The van der Waals surface area contributed by atoms with E-state index in [4.69, 9.17) is 0 Å². The van der Waals surface area contributed by atoms with Crippen LogP contribution in [0.3, 0.4) is 0 Å². The lowest BCUT2D eigenvalue weighted by atomic mass is 10.2. The number of H-pyrrole nitrogens is 1. The van der Waals surface area contributed by atoms with Gasteiger partial charge in [0.1, 0.15) is 0 Å². The molecular formula is C20H19N3O2. The van der Waals surface area contributed by atoms with E-state index in [-0.39, 0.29) is 11.0 Å². The minimum absolute atomic E-state index is 0.176. The predicted molar refractivity (Wildman–Crippen MR) is 100 cm³/mol. The summed E-state index contributed by atoms with van der Waals surface area (Å²) in [4.78, 5) is 16.6. The third-order valence-corrected chi connectivity index (χ3v) is 3.82. The van der Waals surface area contributed by atoms with Gasteiger partial charge in [-0.15, -0.1) is 0 Å². The van der Waals surface area contributed by atoms with E-state index >= 15 is 0 Å². The van der Waals surface area contributed by atoms with Gasteiger partial charge in [-0.1, -0.05) is 42.5 Å². The number of nitrogens with zero attached hydrogens (tertiary/aromatic N) is 2. The summed E-state index contributed by atoms with van der Waals surface area (Å²) in [5, 5.41) is 12.0. The molecule has 5 nitrogen and oxygen atoms in total. The number of rotatable bonds is 1. The minimum Gasteiger partial charge on any atom is -0.361 e. The Labute approximate surface area is 145 Å². The van der Waals surface area contributed by atoms with Gasteiger partial charge in [0.25, 0.3) is 0 Å². The van der Waals surface area contributed by atoms with E-state index in [1.165, 1.54) is 16.3 Å². The second-order valence-corrected chi connectivity index (χ2v) is 5.78. The second kappa shape index (κ2) is 8.06. The van der Waals surface area contributed by atoms with E-state index in [1.54, 1.807) is 0 Å². The number of hydrogen-bond donors (Lipinski definition) is 1. The Morgan fingerprint density at radius 3 is 2.24 bits per heavy atom. The Morgan fingerprint density at radius 2 is 1.60 bits per heavy atom. The first-order valence-corrected chi connectivity index (χ1v) is 8.19. The van der Waals surface area contributed by atoms with Crippen molar-refractivity contribution in [3.63, 3.8) is 0 Å². The van der Waals surface area contributed by atoms with Gasteiger partial charge < -0.3 is 4.98 Å². The Morgan fingerprint density at radius 1 is 0.920 bits per heavy atom. The van der Waals surface area contributed by atoms with Crippen LogP contribution in [0.1, 0.15) is 12.8 Å². The van der Waals surface area contributed by atoms with Crippen molar-refractivity contribution in [2.45, 2.75) is 18.9 Å². The summed E-state index contributed by atoms with van der Waals surface area (Å²) in [6.45, 7) is 0. The maximum Gasteiger partial charge on any atom is 0.213 e. The van der Waals surface area contributed by atoms with Crippen molar-refractivity contribution in [2.24, 2.45) is 0 Å². The fraction of sp³-hybridized carbons (Fsp3) is 0.150. The average molecular weight is 333 g/mol. The molecule has 5 heteroatoms. The van der Waals surface area contributed by atoms with E-state index in [0.29, 0.717) is 0 Å². The van der Waals surface area contributed by atoms with Crippen LogP contribution in [0.5, 0.6) is 0 Å². The first kappa shape index (κ1) is 16.6. The van der Waals surface area contributed by atoms with Crippen LogP contribution in [-0.4, -0.2) is 20.9 Å². The molecule has 4 aromatic rings. The Bertz CT molecular complexity index is 865. The minimum atomic E-state index is -0.222. The zero-order chi connectivity index (χ0) is 17.5. The highest BCUT2D eigenvalue weighted by Gasteiger charge is 2.33. The summed E-state index contributed by atoms with van der Waals surface area (Å²) in [6, 6.07) is 22.2. The van der Waals surface area contributed by atoms with Gasteiger partial charge in [-0.25, -0.2) is 0 Å². The van der Waals surface area contributed by atoms with Gasteiger partial charge in [0, 0.05) is 41.1 Å². The van der Waals surface area contributed by atoms with Gasteiger partial charge in [-0.2, -0.15) is 0 Å². The van der Waals surface area contributed by atoms with Crippen LogP contribution in [0.2, 0.25) is 0 Å². The van der Waals surface area contributed by atoms with E-state index in [0.717, 1.165) is 18.4 Å². The number of nitro groups is 1. The molecule has 25 heavy (non-hydrogen) atoms. The van der Waals surface area contributed by atoms with Gasteiger partial charge in [-0.05, 0) is 29.7 Å². The van der Waals surface area contributed by atoms with Crippen LogP contribution in [0.25, 0.3) is 21.8 Å². The van der Waals surface area contributed by atoms with Crippen molar-refractivity contribution < 1.29 is 4.92 Å². The summed E-state index contributed by atoms with van der Waals surface area (Å²) in [5.41, 5.74) is 2.27. The average Bonchev–Trinajstić information content (AvgIpc) is 3.41. The zero-order valence-electron chi connectivity index (χ0n) is 13.7. The number of para-hydroxylation sites is 2. The summed E-state index contributed by atoms with van der Waals surface area (Å²) in [5.74, 6) is 0. The van der Waals surface area contributed by atoms with E-state index < -0.39 is 0 Å². The summed E-state index contributed by atoms with van der Waals surface area (Å²) < 4.78 is 0. The van der Waals surface area contributed by atoms with Crippen LogP contribution in [-0.2, 0) is 0 Å². The molecule has 1 aliphatic carbocycles. The van der Waals surface area contributed by atoms with Crippen molar-refractivity contribution in [3.8, 4) is 0 Å². The van der Waals surface area contributed by atoms with E-state index in [9.17, 15) is 10.1 Å². The maximum absolute atomic E-state index is 9.57. The molecule has 5 rings (SSSR count). The summed E-state index contributed by atoms with van der Waals surface area (Å²) in [6.07, 6.45) is 5.35. The third kappa shape index (κ3) is 4.88. The number of fused-ring (bicyclic) bond motifs is 2. The maximum atomic E-state index is 9.57. The predicted octanol–water partition coefficient (Wildman–Crippen LogP) is 4.83. The molecule has 2 aromatic heterocycles. The molecule has 0 atom stereocenters. The summed E-state index contributed by atoms with van der Waals surface area (Å²) >= 11 is 0. The van der Waals surface area contributed by atoms with Gasteiger partial charge >= 0.3 is 0 Å². The molecule has 0 unspecified atom stereocenters. The number of benzene rings is 2. The molecule has 1 aliphatic rings. The lowest BCUT2D eigenvalue weighted by Gasteiger charge is -1.91. The highest BCUT2D eigenvalue weighted by molar-refractivity contribution is 5.79. The highest BCUT2D eigenvalue weighted by atomic mass is 16.6. The van der Waals surface area contributed by atoms with Gasteiger partial charge in [0.2, 0.25) is 6.04 Å². The molecule has 2 heterocycles. The molecule has 126 valence electrons. The molecule has 0 aliphatic heterocycles. The fourth-order valence-corrected chi connectivity index (χ4v) is 2.30. The number of pyridine rings is 1. The smallest absolute Gasteiger partial charge is 0.213 e. The van der Waals surface area contributed by atoms with Crippen molar-refractivity contribution in [3.05, 3.63) is 89.2 Å². The van der Waals surface area contributed by atoms with E-state index in [1.807, 2.05) is 48.8 Å². The van der Waals surface area contributed by atoms with Crippen molar-refractivity contribution >= 4 is 21.8 Å². The number of aromatic nitrogens is 2. The first-order chi connectivity index (χ1) is 12.2. The lowest BCUT2D eigenvalue weighted by Crippen LogP contribution is -1.97. The van der Waals surface area contributed by atoms with Crippen LogP contribution < -0.4 is 0 Å². The standard InChI is InChI=1S/C9H7N.C8H7N.C3H5NO2/c1-2-6-9-8(4-1)5-3-7-10-9;1-2-4-8-7(3-1)5-6-9-8;5-4(6)3-1-2-3/h1-7H;1-6,9H;3H,1-2H2. The topological polar surface area (TPSA) is 71.8 Å². The highest BCUT2D eigenvalue weighted by Crippen LogP contribution is 2.21. The molecule has 0 bridgehead atoms. The molecule has 0 spiro atoms. The molecule has 0 radical (unpaired) electrons. The molecule has 2 aromatic carbocycles.